The number of nitrogens with zero attached hydrogens (tertiary/aromatic N) is 1. The van der Waals surface area contributed by atoms with Gasteiger partial charge in [-0.05, 0) is 43.7 Å². The van der Waals surface area contributed by atoms with Crippen LogP contribution in [0.1, 0.15) is 20.6 Å². The summed E-state index contributed by atoms with van der Waals surface area (Å²) in [4.78, 5) is 16.2. The first-order chi connectivity index (χ1) is 11.5. The molecule has 24 heavy (non-hydrogen) atoms. The zero-order valence-electron chi connectivity index (χ0n) is 13.2. The van der Waals surface area contributed by atoms with Crippen molar-refractivity contribution in [3.05, 3.63) is 56.3 Å². The lowest BCUT2D eigenvalue weighted by molar-refractivity contribution is 0.0946. The average Bonchev–Trinajstić information content (AvgIpc) is 3.15. The molecule has 1 unspecified atom stereocenters. The molecule has 2 heterocycles. The summed E-state index contributed by atoms with van der Waals surface area (Å²) in [7, 11) is 3.96. The summed E-state index contributed by atoms with van der Waals surface area (Å²) in [5.41, 5.74) is 0. The zero-order chi connectivity index (χ0) is 17.3. The number of hydrogen-bond acceptors (Lipinski definition) is 4. The van der Waals surface area contributed by atoms with E-state index in [1.54, 1.807) is 17.4 Å². The molecule has 0 fully saturated rings. The van der Waals surface area contributed by atoms with E-state index >= 15 is 0 Å². The van der Waals surface area contributed by atoms with E-state index in [4.69, 9.17) is 11.6 Å². The van der Waals surface area contributed by atoms with Gasteiger partial charge < -0.3 is 10.2 Å². The highest BCUT2D eigenvalue weighted by Gasteiger charge is 2.20. The molecule has 1 atom stereocenters. The van der Waals surface area contributed by atoms with Crippen molar-refractivity contribution < 1.29 is 9.18 Å². The van der Waals surface area contributed by atoms with E-state index in [1.807, 2.05) is 25.5 Å². The third kappa shape index (κ3) is 3.47. The van der Waals surface area contributed by atoms with Gasteiger partial charge in [-0.15, -0.1) is 22.7 Å². The van der Waals surface area contributed by atoms with Crippen LogP contribution < -0.4 is 5.32 Å². The number of carbonyl (C=O) groups is 1. The lowest BCUT2D eigenvalue weighted by Crippen LogP contribution is -2.33. The number of benzene rings is 1. The van der Waals surface area contributed by atoms with Gasteiger partial charge in [-0.1, -0.05) is 17.7 Å². The molecule has 3 nitrogen and oxygen atoms in total. The van der Waals surface area contributed by atoms with E-state index in [0.29, 0.717) is 26.5 Å². The van der Waals surface area contributed by atoms with E-state index in [0.717, 1.165) is 0 Å². The molecule has 0 radical (unpaired) electrons. The molecule has 3 aromatic rings. The van der Waals surface area contributed by atoms with E-state index in [9.17, 15) is 9.18 Å². The molecular formula is C17H16ClFN2OS2. The maximum atomic E-state index is 13.3. The topological polar surface area (TPSA) is 32.3 Å². The van der Waals surface area contributed by atoms with Gasteiger partial charge in [-0.3, -0.25) is 4.79 Å². The Balaban J connectivity index is 1.78. The second-order valence-corrected chi connectivity index (χ2v) is 8.00. The predicted octanol–water partition coefficient (Wildman–Crippen LogP) is 4.79. The van der Waals surface area contributed by atoms with E-state index < -0.39 is 0 Å². The summed E-state index contributed by atoms with van der Waals surface area (Å²) >= 11 is 9.17. The van der Waals surface area contributed by atoms with Crippen LogP contribution in [-0.4, -0.2) is 31.4 Å². The molecule has 0 bridgehead atoms. The fraction of sp³-hybridized carbons (Fsp3) is 0.235. The molecule has 0 aliphatic carbocycles. The van der Waals surface area contributed by atoms with Crippen molar-refractivity contribution in [2.45, 2.75) is 6.04 Å². The number of likely N-dealkylation sites (N-methyl/N-ethyl adjacent to an activating group) is 1. The second kappa shape index (κ2) is 7.19. The van der Waals surface area contributed by atoms with Gasteiger partial charge in [0.15, 0.2) is 0 Å². The largest absolute Gasteiger partial charge is 0.349 e. The minimum absolute atomic E-state index is 0.0968. The summed E-state index contributed by atoms with van der Waals surface area (Å²) < 4.78 is 14.0. The van der Waals surface area contributed by atoms with Gasteiger partial charge in [0, 0.05) is 21.5 Å². The van der Waals surface area contributed by atoms with Crippen molar-refractivity contribution >= 4 is 50.3 Å². The van der Waals surface area contributed by atoms with Gasteiger partial charge in [0.2, 0.25) is 0 Å². The number of hydrogen-bond donors (Lipinski definition) is 1. The first-order valence-corrected chi connectivity index (χ1v) is 9.40. The Kier molecular flexibility index (Phi) is 5.20. The minimum atomic E-state index is -0.335. The third-order valence-electron chi connectivity index (χ3n) is 3.75. The summed E-state index contributed by atoms with van der Waals surface area (Å²) in [5, 5.41) is 6.05. The quantitative estimate of drug-likeness (QED) is 0.688. The van der Waals surface area contributed by atoms with Gasteiger partial charge in [0.25, 0.3) is 5.91 Å². The Bertz CT molecular complexity index is 861. The van der Waals surface area contributed by atoms with Crippen LogP contribution in [0, 0.1) is 5.82 Å². The summed E-state index contributed by atoms with van der Waals surface area (Å²) in [5.74, 6) is -0.567. The Labute approximate surface area is 152 Å². The Morgan fingerprint density at radius 3 is 2.83 bits per heavy atom. The molecule has 0 saturated carbocycles. The predicted molar refractivity (Wildman–Crippen MR) is 99.9 cm³/mol. The number of halogens is 2. The molecule has 1 aromatic carbocycles. The van der Waals surface area contributed by atoms with Crippen molar-refractivity contribution in [1.82, 2.24) is 10.2 Å². The number of rotatable bonds is 5. The zero-order valence-corrected chi connectivity index (χ0v) is 15.6. The number of nitrogens with one attached hydrogen (secondary N) is 1. The van der Waals surface area contributed by atoms with Gasteiger partial charge in [0.1, 0.15) is 10.7 Å². The summed E-state index contributed by atoms with van der Waals surface area (Å²) in [6.07, 6.45) is 0. The fourth-order valence-electron chi connectivity index (χ4n) is 2.47. The standard InChI is InChI=1S/C17H16ClFN2OS2/c1-21(2)12(13-4-3-7-23-13)9-20-17(22)16-15(18)11-6-5-10(19)8-14(11)24-16/h3-8,12H,9H2,1-2H3,(H,20,22). The smallest absolute Gasteiger partial charge is 0.262 e. The van der Waals surface area contributed by atoms with Gasteiger partial charge >= 0.3 is 0 Å². The van der Waals surface area contributed by atoms with E-state index in [-0.39, 0.29) is 17.8 Å². The third-order valence-corrected chi connectivity index (χ3v) is 6.38. The number of carbonyl (C=O) groups excluding carboxylic acids is 1. The Morgan fingerprint density at radius 2 is 2.17 bits per heavy atom. The molecule has 0 saturated heterocycles. The van der Waals surface area contributed by atoms with Crippen molar-refractivity contribution in [2.24, 2.45) is 0 Å². The van der Waals surface area contributed by atoms with Crippen molar-refractivity contribution in [1.29, 1.82) is 0 Å². The maximum absolute atomic E-state index is 13.3. The van der Waals surface area contributed by atoms with Crippen molar-refractivity contribution in [3.63, 3.8) is 0 Å². The van der Waals surface area contributed by atoms with Gasteiger partial charge in [-0.2, -0.15) is 0 Å². The van der Waals surface area contributed by atoms with Gasteiger partial charge in [0.05, 0.1) is 11.1 Å². The SMILES string of the molecule is CN(C)C(CNC(=O)c1sc2cc(F)ccc2c1Cl)c1cccs1. The summed E-state index contributed by atoms with van der Waals surface area (Å²) in [6, 6.07) is 8.50. The van der Waals surface area contributed by atoms with E-state index in [1.165, 1.54) is 28.3 Å². The monoisotopic (exact) mass is 382 g/mol. The Morgan fingerprint density at radius 1 is 1.38 bits per heavy atom. The fourth-order valence-corrected chi connectivity index (χ4v) is 4.85. The van der Waals surface area contributed by atoms with Crippen LogP contribution in [0.15, 0.2) is 35.7 Å². The summed E-state index contributed by atoms with van der Waals surface area (Å²) in [6.45, 7) is 0.477. The Hall–Kier alpha value is -1.47. The number of amides is 1. The molecular weight excluding hydrogens is 367 g/mol. The maximum Gasteiger partial charge on any atom is 0.262 e. The van der Waals surface area contributed by atoms with Crippen LogP contribution in [0.5, 0.6) is 0 Å². The molecule has 0 aliphatic heterocycles. The molecule has 7 heteroatoms. The highest BCUT2D eigenvalue weighted by atomic mass is 35.5. The first-order valence-electron chi connectivity index (χ1n) is 7.33. The molecule has 126 valence electrons. The van der Waals surface area contributed by atoms with Gasteiger partial charge in [-0.25, -0.2) is 4.39 Å². The average molecular weight is 383 g/mol. The minimum Gasteiger partial charge on any atom is -0.349 e. The van der Waals surface area contributed by atoms with Crippen LogP contribution in [0.2, 0.25) is 5.02 Å². The normalized spacial score (nSPS) is 12.7. The van der Waals surface area contributed by atoms with E-state index in [2.05, 4.69) is 16.3 Å². The molecule has 0 aliphatic rings. The first kappa shape index (κ1) is 17.4. The molecule has 1 N–H and O–H groups in total. The molecule has 0 spiro atoms. The molecule has 3 rings (SSSR count). The number of thiophene rings is 2. The van der Waals surface area contributed by atoms with Crippen LogP contribution >= 0.6 is 34.3 Å². The van der Waals surface area contributed by atoms with Crippen molar-refractivity contribution in [2.75, 3.05) is 20.6 Å². The highest BCUT2D eigenvalue weighted by molar-refractivity contribution is 7.21. The molecule has 1 amide bonds. The lowest BCUT2D eigenvalue weighted by atomic mass is 10.2. The number of fused-ring (bicyclic) bond motifs is 1. The van der Waals surface area contributed by atoms with Crippen LogP contribution in [0.3, 0.4) is 0 Å². The second-order valence-electron chi connectivity index (χ2n) is 5.59. The van der Waals surface area contributed by atoms with Crippen LogP contribution in [0.4, 0.5) is 4.39 Å². The highest BCUT2D eigenvalue weighted by Crippen LogP contribution is 2.35. The lowest BCUT2D eigenvalue weighted by Gasteiger charge is -2.23. The van der Waals surface area contributed by atoms with Crippen LogP contribution in [0.25, 0.3) is 10.1 Å². The van der Waals surface area contributed by atoms with Crippen molar-refractivity contribution in [3.8, 4) is 0 Å². The van der Waals surface area contributed by atoms with Crippen LogP contribution in [-0.2, 0) is 0 Å². The molecule has 2 aromatic heterocycles.